The van der Waals surface area contributed by atoms with Crippen molar-refractivity contribution in [2.24, 2.45) is 0 Å². The van der Waals surface area contributed by atoms with E-state index in [0.29, 0.717) is 0 Å². The molecule has 0 aliphatic heterocycles. The van der Waals surface area contributed by atoms with Gasteiger partial charge in [-0.15, -0.1) is 0 Å². The average molecular weight is 747 g/mol. The van der Waals surface area contributed by atoms with Gasteiger partial charge in [-0.2, -0.15) is 0 Å². The van der Waals surface area contributed by atoms with Crippen LogP contribution in [0, 0.1) is 0 Å². The lowest BCUT2D eigenvalue weighted by atomic mass is 9.68. The summed E-state index contributed by atoms with van der Waals surface area (Å²) in [7, 11) is 0. The van der Waals surface area contributed by atoms with Crippen LogP contribution in [0.1, 0.15) is 22.3 Å². The van der Waals surface area contributed by atoms with E-state index in [-0.39, 0.29) is 0 Å². The van der Waals surface area contributed by atoms with Gasteiger partial charge in [-0.3, -0.25) is 0 Å². The van der Waals surface area contributed by atoms with E-state index < -0.39 is 5.41 Å². The number of nitrogens with zero attached hydrogens (tertiary/aromatic N) is 2. The number of hydrogen-bond acceptors (Lipinski definition) is 2. The molecule has 272 valence electrons. The molecule has 0 amide bonds. The van der Waals surface area contributed by atoms with Gasteiger partial charge in [-0.25, -0.2) is 9.97 Å². The molecule has 0 saturated heterocycles. The van der Waals surface area contributed by atoms with Gasteiger partial charge in [0.2, 0.25) is 0 Å². The lowest BCUT2D eigenvalue weighted by Crippen LogP contribution is -2.26. The van der Waals surface area contributed by atoms with Crippen LogP contribution in [0.15, 0.2) is 206 Å². The van der Waals surface area contributed by atoms with Crippen molar-refractivity contribution < 1.29 is 0 Å². The van der Waals surface area contributed by atoms with Crippen molar-refractivity contribution in [1.29, 1.82) is 0 Å². The molecule has 1 spiro atoms. The largest absolute Gasteiger partial charge is 0.228 e. The van der Waals surface area contributed by atoms with Gasteiger partial charge < -0.3 is 0 Å². The maximum absolute atomic E-state index is 5.19. The van der Waals surface area contributed by atoms with E-state index in [1.54, 1.807) is 0 Å². The zero-order valence-electron chi connectivity index (χ0n) is 32.0. The van der Waals surface area contributed by atoms with Crippen LogP contribution in [0.25, 0.3) is 99.2 Å². The summed E-state index contributed by atoms with van der Waals surface area (Å²) < 4.78 is 0. The van der Waals surface area contributed by atoms with Gasteiger partial charge in [0.25, 0.3) is 0 Å². The topological polar surface area (TPSA) is 25.8 Å². The molecule has 13 rings (SSSR count). The number of rotatable bonds is 3. The number of hydrogen-bond donors (Lipinski definition) is 0. The second-order valence-corrected chi connectivity index (χ2v) is 16.0. The molecule has 10 aromatic carbocycles. The predicted octanol–water partition coefficient (Wildman–Crippen LogP) is 14.4. The normalized spacial score (nSPS) is 13.2. The summed E-state index contributed by atoms with van der Waals surface area (Å²) in [5.41, 5.74) is 16.6. The van der Waals surface area contributed by atoms with E-state index in [1.165, 1.54) is 76.8 Å². The van der Waals surface area contributed by atoms with E-state index in [1.807, 2.05) is 12.1 Å². The van der Waals surface area contributed by atoms with Crippen molar-refractivity contribution in [3.05, 3.63) is 229 Å². The van der Waals surface area contributed by atoms with Crippen molar-refractivity contribution in [3.8, 4) is 56.0 Å². The molecular weight excluding hydrogens is 713 g/mol. The standard InChI is InChI=1S/C57H34N2/c1-2-15-35(16-3-1)55-47-25-10-13-28-51(47)58-56(59-55)39-18-14-17-36(34-39)37-29-31-40-38(33-37)30-32-48-52-45-23-6-4-19-41(45)42-20-5-7-24-46(42)54(52)57(53(40)48)49-26-11-8-21-43(49)44-22-9-12-27-50(44)57/h1-34H. The van der Waals surface area contributed by atoms with Gasteiger partial charge in [0.1, 0.15) is 0 Å². The molecule has 2 nitrogen and oxygen atoms in total. The fraction of sp³-hybridized carbons (Fsp3) is 0.0175. The van der Waals surface area contributed by atoms with E-state index >= 15 is 0 Å². The Labute approximate surface area is 341 Å². The molecule has 0 unspecified atom stereocenters. The first-order valence-corrected chi connectivity index (χ1v) is 20.4. The number of benzene rings is 10. The summed E-state index contributed by atoms with van der Waals surface area (Å²) in [6, 6.07) is 75.6. The van der Waals surface area contributed by atoms with E-state index in [0.717, 1.165) is 44.7 Å². The number of para-hydroxylation sites is 1. The monoisotopic (exact) mass is 746 g/mol. The molecule has 0 fully saturated rings. The molecular formula is C57H34N2. The Morgan fingerprint density at radius 1 is 0.322 bits per heavy atom. The van der Waals surface area contributed by atoms with Gasteiger partial charge in [0.05, 0.1) is 16.6 Å². The Morgan fingerprint density at radius 3 is 1.69 bits per heavy atom. The van der Waals surface area contributed by atoms with Crippen molar-refractivity contribution in [3.63, 3.8) is 0 Å². The summed E-state index contributed by atoms with van der Waals surface area (Å²) in [5.74, 6) is 0.723. The minimum Gasteiger partial charge on any atom is -0.228 e. The molecule has 2 heteroatoms. The molecule has 2 aliphatic carbocycles. The van der Waals surface area contributed by atoms with Gasteiger partial charge in [-0.1, -0.05) is 188 Å². The zero-order valence-corrected chi connectivity index (χ0v) is 32.0. The van der Waals surface area contributed by atoms with Gasteiger partial charge in [0, 0.05) is 16.5 Å². The maximum Gasteiger partial charge on any atom is 0.160 e. The zero-order chi connectivity index (χ0) is 38.7. The third kappa shape index (κ3) is 4.40. The van der Waals surface area contributed by atoms with Gasteiger partial charge >= 0.3 is 0 Å². The summed E-state index contributed by atoms with van der Waals surface area (Å²) >= 11 is 0. The number of aromatic nitrogens is 2. The number of fused-ring (bicyclic) bond motifs is 18. The molecule has 1 aromatic heterocycles. The lowest BCUT2D eigenvalue weighted by Gasteiger charge is -2.32. The van der Waals surface area contributed by atoms with Crippen LogP contribution >= 0.6 is 0 Å². The summed E-state index contributed by atoms with van der Waals surface area (Å²) in [5, 5.41) is 8.78. The third-order valence-corrected chi connectivity index (χ3v) is 13.0. The quantitative estimate of drug-likeness (QED) is 0.168. The lowest BCUT2D eigenvalue weighted by molar-refractivity contribution is 0.809. The van der Waals surface area contributed by atoms with Crippen molar-refractivity contribution in [2.75, 3.05) is 0 Å². The molecule has 0 radical (unpaired) electrons. The Balaban J connectivity index is 1.05. The second kappa shape index (κ2) is 12.2. The molecule has 0 atom stereocenters. The average Bonchev–Trinajstić information content (AvgIpc) is 3.79. The first-order chi connectivity index (χ1) is 29.3. The molecule has 1 heterocycles. The van der Waals surface area contributed by atoms with Crippen LogP contribution in [0.4, 0.5) is 0 Å². The van der Waals surface area contributed by atoms with Gasteiger partial charge in [0.15, 0.2) is 5.82 Å². The molecule has 11 aromatic rings. The Hall–Kier alpha value is -7.68. The summed E-state index contributed by atoms with van der Waals surface area (Å²) in [6.45, 7) is 0. The highest BCUT2D eigenvalue weighted by molar-refractivity contribution is 6.21. The Bertz CT molecular complexity index is 3520. The highest BCUT2D eigenvalue weighted by Crippen LogP contribution is 2.66. The molecule has 2 aliphatic rings. The molecule has 0 bridgehead atoms. The summed E-state index contributed by atoms with van der Waals surface area (Å²) in [4.78, 5) is 10.3. The van der Waals surface area contributed by atoms with E-state index in [4.69, 9.17) is 9.97 Å². The van der Waals surface area contributed by atoms with Crippen LogP contribution in [0.5, 0.6) is 0 Å². The van der Waals surface area contributed by atoms with E-state index in [9.17, 15) is 0 Å². The minimum atomic E-state index is -0.494. The van der Waals surface area contributed by atoms with E-state index in [2.05, 4.69) is 194 Å². The molecule has 59 heavy (non-hydrogen) atoms. The molecule has 0 N–H and O–H groups in total. The van der Waals surface area contributed by atoms with Crippen LogP contribution < -0.4 is 0 Å². The summed E-state index contributed by atoms with van der Waals surface area (Å²) in [6.07, 6.45) is 0. The smallest absolute Gasteiger partial charge is 0.160 e. The van der Waals surface area contributed by atoms with Crippen molar-refractivity contribution in [1.82, 2.24) is 9.97 Å². The Morgan fingerprint density at radius 2 is 0.915 bits per heavy atom. The predicted molar refractivity (Wildman–Crippen MR) is 245 cm³/mol. The van der Waals surface area contributed by atoms with Gasteiger partial charge in [-0.05, 0) is 106 Å². The van der Waals surface area contributed by atoms with Crippen LogP contribution in [-0.4, -0.2) is 9.97 Å². The Kier molecular flexibility index (Phi) is 6.68. The molecule has 0 saturated carbocycles. The van der Waals surface area contributed by atoms with Crippen molar-refractivity contribution >= 4 is 43.2 Å². The fourth-order valence-electron chi connectivity index (χ4n) is 10.7. The fourth-order valence-corrected chi connectivity index (χ4v) is 10.7. The SMILES string of the molecule is c1ccc(-c2nc(-c3cccc(-c4ccc5c6c(ccc5c4)-c4c(c5ccccc5c5ccccc45)C64c5ccccc5-c5ccccc54)c3)nc3ccccc23)cc1. The maximum atomic E-state index is 5.19. The highest BCUT2D eigenvalue weighted by Gasteiger charge is 2.53. The first kappa shape index (κ1) is 32.4. The second-order valence-electron chi connectivity index (χ2n) is 16.0. The first-order valence-electron chi connectivity index (χ1n) is 20.4. The van der Waals surface area contributed by atoms with Crippen LogP contribution in [-0.2, 0) is 5.41 Å². The van der Waals surface area contributed by atoms with Crippen LogP contribution in [0.3, 0.4) is 0 Å². The third-order valence-electron chi connectivity index (χ3n) is 13.0. The highest BCUT2D eigenvalue weighted by atomic mass is 14.9. The van der Waals surface area contributed by atoms with Crippen molar-refractivity contribution in [2.45, 2.75) is 5.41 Å². The minimum absolute atomic E-state index is 0.494. The van der Waals surface area contributed by atoms with Crippen LogP contribution in [0.2, 0.25) is 0 Å².